The molecule has 2 aromatic carbocycles. The molecule has 3 heterocycles. The summed E-state index contributed by atoms with van der Waals surface area (Å²) in [6.45, 7) is 2.70. The zero-order valence-electron chi connectivity index (χ0n) is 20.4. The van der Waals surface area contributed by atoms with Gasteiger partial charge in [-0.15, -0.1) is 0 Å². The van der Waals surface area contributed by atoms with Crippen molar-refractivity contribution in [3.05, 3.63) is 71.1 Å². The lowest BCUT2D eigenvalue weighted by atomic mass is 9.96. The molecule has 8 nitrogen and oxygen atoms in total. The largest absolute Gasteiger partial charge is 0.497 e. The van der Waals surface area contributed by atoms with Gasteiger partial charge in [-0.1, -0.05) is 29.0 Å². The van der Waals surface area contributed by atoms with Gasteiger partial charge in [0.15, 0.2) is 5.13 Å². The average molecular weight is 560 g/mol. The summed E-state index contributed by atoms with van der Waals surface area (Å²) in [7, 11) is -2.13. The fourth-order valence-corrected chi connectivity index (χ4v) is 7.26. The van der Waals surface area contributed by atoms with Crippen LogP contribution in [0.2, 0.25) is 5.02 Å². The normalized spacial score (nSPS) is 15.2. The Morgan fingerprint density at radius 2 is 1.92 bits per heavy atom. The molecule has 5 rings (SSSR count). The Labute approximate surface area is 224 Å². The van der Waals surface area contributed by atoms with Crippen LogP contribution in [0.5, 0.6) is 5.75 Å². The highest BCUT2D eigenvalue weighted by Gasteiger charge is 2.35. The predicted molar refractivity (Wildman–Crippen MR) is 144 cm³/mol. The first kappa shape index (κ1) is 25.7. The third kappa shape index (κ3) is 5.11. The summed E-state index contributed by atoms with van der Waals surface area (Å²) < 4.78 is 39.2. The Morgan fingerprint density at radius 3 is 2.54 bits per heavy atom. The van der Waals surface area contributed by atoms with E-state index in [4.69, 9.17) is 25.7 Å². The molecule has 1 fully saturated rings. The second-order valence-electron chi connectivity index (χ2n) is 8.90. The van der Waals surface area contributed by atoms with Crippen LogP contribution in [0.15, 0.2) is 64.1 Å². The van der Waals surface area contributed by atoms with Gasteiger partial charge in [0.25, 0.3) is 0 Å². The van der Waals surface area contributed by atoms with E-state index in [2.05, 4.69) is 0 Å². The van der Waals surface area contributed by atoms with Gasteiger partial charge < -0.3 is 9.15 Å². The number of furan rings is 1. The van der Waals surface area contributed by atoms with Crippen LogP contribution in [0.25, 0.3) is 10.2 Å². The van der Waals surface area contributed by atoms with Crippen molar-refractivity contribution in [2.75, 3.05) is 25.1 Å². The van der Waals surface area contributed by atoms with Crippen LogP contribution in [0.4, 0.5) is 5.13 Å². The lowest BCUT2D eigenvalue weighted by Gasteiger charge is -2.32. The number of sulfonamides is 1. The van der Waals surface area contributed by atoms with Gasteiger partial charge in [-0.3, -0.25) is 9.69 Å². The first-order valence-corrected chi connectivity index (χ1v) is 14.4. The zero-order valence-corrected chi connectivity index (χ0v) is 22.8. The van der Waals surface area contributed by atoms with Crippen LogP contribution in [-0.2, 0) is 21.4 Å². The van der Waals surface area contributed by atoms with Crippen LogP contribution < -0.4 is 9.64 Å². The van der Waals surface area contributed by atoms with Crippen LogP contribution >= 0.6 is 22.9 Å². The lowest BCUT2D eigenvalue weighted by molar-refractivity contribution is -0.123. The quantitative estimate of drug-likeness (QED) is 0.297. The summed E-state index contributed by atoms with van der Waals surface area (Å²) in [5, 5.41) is 1.13. The molecule has 37 heavy (non-hydrogen) atoms. The number of nitrogens with zero attached hydrogens (tertiary/aromatic N) is 3. The molecule has 0 spiro atoms. The van der Waals surface area contributed by atoms with E-state index in [0.29, 0.717) is 34.5 Å². The molecule has 2 aromatic heterocycles. The summed E-state index contributed by atoms with van der Waals surface area (Å²) in [6, 6.07) is 13.7. The maximum absolute atomic E-state index is 13.8. The van der Waals surface area contributed by atoms with E-state index in [9.17, 15) is 13.2 Å². The zero-order chi connectivity index (χ0) is 26.2. The number of carbonyl (C=O) groups is 1. The summed E-state index contributed by atoms with van der Waals surface area (Å²) in [4.78, 5) is 20.4. The molecule has 0 aliphatic carbocycles. The van der Waals surface area contributed by atoms with E-state index in [0.717, 1.165) is 15.8 Å². The van der Waals surface area contributed by atoms with Gasteiger partial charge in [0.05, 0.1) is 40.1 Å². The molecule has 4 aromatic rings. The molecule has 1 aliphatic rings. The van der Waals surface area contributed by atoms with E-state index < -0.39 is 10.0 Å². The molecular formula is C26H26ClN3O5S2. The highest BCUT2D eigenvalue weighted by Crippen LogP contribution is 2.37. The highest BCUT2D eigenvalue weighted by molar-refractivity contribution is 7.89. The number of fused-ring (bicyclic) bond motifs is 1. The SMILES string of the molecule is COc1ccc(S(=O)(=O)N2CCC(C(=O)N(Cc3ccco3)c3nc4c(C)ccc(Cl)c4s3)CC2)cc1. The monoisotopic (exact) mass is 559 g/mol. The number of piperidine rings is 1. The van der Waals surface area contributed by atoms with Crippen molar-refractivity contribution < 1.29 is 22.4 Å². The Balaban J connectivity index is 1.37. The number of benzene rings is 2. The standard InChI is InChI=1S/C26H26ClN3O5S2/c1-17-5-10-22(27)24-23(17)28-26(36-24)30(16-20-4-3-15-35-20)25(31)18-11-13-29(14-12-18)37(32,33)21-8-6-19(34-2)7-9-21/h3-10,15,18H,11-14,16H2,1-2H3. The molecule has 0 radical (unpaired) electrons. The maximum Gasteiger partial charge on any atom is 0.243 e. The van der Waals surface area contributed by atoms with E-state index in [1.165, 1.54) is 34.9 Å². The van der Waals surface area contributed by atoms with Crippen molar-refractivity contribution in [3.63, 3.8) is 0 Å². The number of amides is 1. The molecule has 0 bridgehead atoms. The third-order valence-electron chi connectivity index (χ3n) is 6.58. The number of anilines is 1. The molecule has 194 valence electrons. The van der Waals surface area contributed by atoms with Gasteiger partial charge in [0, 0.05) is 19.0 Å². The molecule has 1 saturated heterocycles. The molecular weight excluding hydrogens is 534 g/mol. The Hall–Kier alpha value is -2.92. The van der Waals surface area contributed by atoms with Crippen LogP contribution in [0.1, 0.15) is 24.2 Å². The number of hydrogen-bond donors (Lipinski definition) is 0. The fourth-order valence-electron chi connectivity index (χ4n) is 4.46. The topological polar surface area (TPSA) is 93.0 Å². The Kier molecular flexibility index (Phi) is 7.26. The van der Waals surface area contributed by atoms with E-state index in [-0.39, 0.29) is 36.4 Å². The average Bonchev–Trinajstić information content (AvgIpc) is 3.60. The summed E-state index contributed by atoms with van der Waals surface area (Å²) in [5.41, 5.74) is 1.74. The van der Waals surface area contributed by atoms with E-state index in [1.54, 1.807) is 29.4 Å². The van der Waals surface area contributed by atoms with Crippen molar-refractivity contribution in [2.45, 2.75) is 31.2 Å². The Morgan fingerprint density at radius 1 is 1.19 bits per heavy atom. The van der Waals surface area contributed by atoms with Gasteiger partial charge in [0.1, 0.15) is 11.5 Å². The minimum Gasteiger partial charge on any atom is -0.497 e. The smallest absolute Gasteiger partial charge is 0.243 e. The number of carbonyl (C=O) groups excluding carboxylic acids is 1. The molecule has 1 aliphatic heterocycles. The minimum atomic E-state index is -3.66. The number of aryl methyl sites for hydroxylation is 1. The number of methoxy groups -OCH3 is 1. The highest BCUT2D eigenvalue weighted by atomic mass is 35.5. The van der Waals surface area contributed by atoms with Crippen molar-refractivity contribution >= 4 is 54.2 Å². The first-order chi connectivity index (χ1) is 17.8. The van der Waals surface area contributed by atoms with Crippen molar-refractivity contribution in [1.82, 2.24) is 9.29 Å². The molecule has 0 atom stereocenters. The van der Waals surface area contributed by atoms with Crippen LogP contribution in [-0.4, -0.2) is 43.8 Å². The fraction of sp³-hybridized carbons (Fsp3) is 0.308. The van der Waals surface area contributed by atoms with Crippen molar-refractivity contribution in [3.8, 4) is 5.75 Å². The lowest BCUT2D eigenvalue weighted by Crippen LogP contribution is -2.44. The number of aromatic nitrogens is 1. The summed E-state index contributed by atoms with van der Waals surface area (Å²) in [6.07, 6.45) is 2.39. The molecule has 0 saturated carbocycles. The Bertz CT molecular complexity index is 1470. The summed E-state index contributed by atoms with van der Waals surface area (Å²) in [5.74, 6) is 0.771. The van der Waals surface area contributed by atoms with Crippen molar-refractivity contribution in [2.24, 2.45) is 5.92 Å². The predicted octanol–water partition coefficient (Wildman–Crippen LogP) is 5.49. The second kappa shape index (κ2) is 10.4. The summed E-state index contributed by atoms with van der Waals surface area (Å²) >= 11 is 7.79. The maximum atomic E-state index is 13.8. The number of ether oxygens (including phenoxy) is 1. The molecule has 11 heteroatoms. The van der Waals surface area contributed by atoms with E-state index >= 15 is 0 Å². The van der Waals surface area contributed by atoms with E-state index in [1.807, 2.05) is 25.1 Å². The first-order valence-electron chi connectivity index (χ1n) is 11.8. The number of hydrogen-bond acceptors (Lipinski definition) is 7. The van der Waals surface area contributed by atoms with Gasteiger partial charge in [-0.2, -0.15) is 4.31 Å². The van der Waals surface area contributed by atoms with Gasteiger partial charge in [-0.05, 0) is 67.8 Å². The van der Waals surface area contributed by atoms with Gasteiger partial charge in [-0.25, -0.2) is 13.4 Å². The van der Waals surface area contributed by atoms with Crippen molar-refractivity contribution in [1.29, 1.82) is 0 Å². The minimum absolute atomic E-state index is 0.106. The number of rotatable bonds is 7. The van der Waals surface area contributed by atoms with Gasteiger partial charge >= 0.3 is 0 Å². The van der Waals surface area contributed by atoms with Crippen LogP contribution in [0.3, 0.4) is 0 Å². The molecule has 0 unspecified atom stereocenters. The third-order valence-corrected chi connectivity index (χ3v) is 10.0. The molecule has 1 amide bonds. The van der Waals surface area contributed by atoms with Gasteiger partial charge in [0.2, 0.25) is 15.9 Å². The second-order valence-corrected chi connectivity index (χ2v) is 12.2. The van der Waals surface area contributed by atoms with Crippen LogP contribution in [0, 0.1) is 12.8 Å². The molecule has 0 N–H and O–H groups in total. The number of thiazole rings is 1. The number of halogens is 1.